The first-order valence-corrected chi connectivity index (χ1v) is 45.3. The average molecular weight is 1650 g/mol. The number of nitrogens with zero attached hydrogens (tertiary/aromatic N) is 6. The van der Waals surface area contributed by atoms with E-state index in [2.05, 4.69) is 490 Å². The molecule has 0 N–H and O–H groups in total. The van der Waals surface area contributed by atoms with Gasteiger partial charge in [-0.15, -0.1) is 0 Å². The number of hydrogen-bond acceptors (Lipinski definition) is 0. The van der Waals surface area contributed by atoms with Gasteiger partial charge in [-0.25, -0.2) is 0 Å². The average Bonchev–Trinajstić information content (AvgIpc) is 1.50. The van der Waals surface area contributed by atoms with Crippen molar-refractivity contribution in [2.24, 2.45) is 0 Å². The van der Waals surface area contributed by atoms with Crippen LogP contribution in [0.5, 0.6) is 0 Å². The molecule has 0 unspecified atom stereocenters. The maximum Gasteiger partial charge on any atom is 0.0726 e. The van der Waals surface area contributed by atoms with Gasteiger partial charge in [0.25, 0.3) is 0 Å². The molecule has 6 nitrogen and oxygen atoms in total. The van der Waals surface area contributed by atoms with Crippen molar-refractivity contribution in [2.75, 3.05) is 0 Å². The van der Waals surface area contributed by atoms with Crippen molar-refractivity contribution in [3.8, 4) is 89.8 Å². The third-order valence-electron chi connectivity index (χ3n) is 29.2. The number of rotatable bonds is 8. The summed E-state index contributed by atoms with van der Waals surface area (Å²) in [5, 5.41) is 15.0. The molecule has 6 heterocycles. The van der Waals surface area contributed by atoms with Crippen LogP contribution in [0.15, 0.2) is 449 Å². The third kappa shape index (κ3) is 10.1. The molecule has 26 aromatic rings. The molecule has 0 amide bonds. The number of fused-ring (bicyclic) bond motifs is 31. The van der Waals surface area contributed by atoms with Crippen LogP contribution in [0.4, 0.5) is 0 Å². The fraction of sp³-hybridized carbons (Fsp3) is 0.0323. The van der Waals surface area contributed by atoms with Crippen LogP contribution in [0, 0.1) is 0 Å². The fourth-order valence-electron chi connectivity index (χ4n) is 23.7. The van der Waals surface area contributed by atoms with E-state index >= 15 is 0 Å². The van der Waals surface area contributed by atoms with E-state index in [0.29, 0.717) is 0 Å². The Balaban J connectivity index is 0.000000132. The van der Waals surface area contributed by atoms with Crippen molar-refractivity contribution in [3.63, 3.8) is 0 Å². The molecule has 0 saturated carbocycles. The summed E-state index contributed by atoms with van der Waals surface area (Å²) < 4.78 is 14.6. The minimum atomic E-state index is -0.457. The first-order chi connectivity index (χ1) is 64.3. The second-order valence-corrected chi connectivity index (χ2v) is 36.1. The maximum absolute atomic E-state index is 2.56. The summed E-state index contributed by atoms with van der Waals surface area (Å²) in [5.74, 6) is 0. The Labute approximate surface area is 749 Å². The predicted molar refractivity (Wildman–Crippen MR) is 544 cm³/mol. The van der Waals surface area contributed by atoms with Crippen LogP contribution in [0.25, 0.3) is 221 Å². The molecule has 0 bridgehead atoms. The monoisotopic (exact) mass is 1650 g/mol. The normalized spacial score (nSPS) is 13.3. The molecule has 0 saturated heterocycles. The largest absolute Gasteiger partial charge is 0.309 e. The predicted octanol–water partition coefficient (Wildman–Crippen LogP) is 31.9. The van der Waals surface area contributed by atoms with E-state index in [0.717, 1.165) is 17.1 Å². The van der Waals surface area contributed by atoms with Gasteiger partial charge in [-0.2, -0.15) is 0 Å². The fourth-order valence-corrected chi connectivity index (χ4v) is 23.7. The molecule has 130 heavy (non-hydrogen) atoms. The molecule has 0 fully saturated rings. The molecule has 6 heteroatoms. The lowest BCUT2D eigenvalue weighted by Gasteiger charge is -2.30. The Bertz CT molecular complexity index is 9280. The molecule has 6 aromatic heterocycles. The van der Waals surface area contributed by atoms with Crippen molar-refractivity contribution in [2.45, 2.75) is 24.7 Å². The number of aromatic nitrogens is 6. The molecule has 1 spiro atoms. The lowest BCUT2D eigenvalue weighted by molar-refractivity contribution is 0.661. The Morgan fingerprint density at radius 1 is 0.138 bits per heavy atom. The smallest absolute Gasteiger partial charge is 0.0726 e. The highest BCUT2D eigenvalue weighted by Gasteiger charge is 2.52. The summed E-state index contributed by atoms with van der Waals surface area (Å²) in [6, 6.07) is 167. The van der Waals surface area contributed by atoms with Crippen LogP contribution in [-0.2, 0) is 10.8 Å². The zero-order valence-electron chi connectivity index (χ0n) is 71.4. The summed E-state index contributed by atoms with van der Waals surface area (Å²) in [6.07, 6.45) is 0. The molecule has 0 atom stereocenters. The summed E-state index contributed by atoms with van der Waals surface area (Å²) in [7, 11) is 0. The van der Waals surface area contributed by atoms with Crippen LogP contribution in [0.2, 0.25) is 0 Å². The molecule has 3 aliphatic rings. The first kappa shape index (κ1) is 72.5. The Morgan fingerprint density at radius 2 is 0.369 bits per heavy atom. The maximum atomic E-state index is 2.56. The number of para-hydroxylation sites is 8. The second-order valence-electron chi connectivity index (χ2n) is 36.1. The first-order valence-electron chi connectivity index (χ1n) is 45.3. The van der Waals surface area contributed by atoms with E-state index in [1.165, 1.54) is 237 Å². The van der Waals surface area contributed by atoms with Gasteiger partial charge in [-0.3, -0.25) is 0 Å². The van der Waals surface area contributed by atoms with Crippen LogP contribution in [0.1, 0.15) is 47.2 Å². The van der Waals surface area contributed by atoms with Gasteiger partial charge in [0.1, 0.15) is 0 Å². The lowest BCUT2D eigenvalue weighted by Crippen LogP contribution is -2.25. The van der Waals surface area contributed by atoms with E-state index in [1.807, 2.05) is 0 Å². The van der Waals surface area contributed by atoms with Crippen molar-refractivity contribution >= 4 is 131 Å². The van der Waals surface area contributed by atoms with E-state index in [-0.39, 0.29) is 5.41 Å². The molecule has 20 aromatic carbocycles. The SMILES string of the molecule is CC1(C)c2ccccc2-c2cc3c4cc(-c5ccc6c(c5)c5ccccc5n6-c5ccccc5)ccc4n(-c4ccc5c(c4)c4ccccc4n5-c4ccccc4)c3cc21.c1ccc(-n2c3ccccc3c3cc(-c4ccc5c(c4)c4cc6c(cc4n5-c4ccc5c(c4)c4ccccc4n5-c4ccccc4)C4(c5ccccc5-c5ccccc54)c4ccccc4-6)ccc32)cc1. The standard InChI is InChI=1S/C67H41N3.C57H39N3/c1-3-17-44(18-4-1)68-61-29-15-10-24-50(61)53-37-42(31-34-63(53)68)43-32-35-64-54(38-43)56-40-52-49-23-9-14-28-59(49)67(57-26-12-7-21-47(57)48-22-8-13-27-58(48)67)60(52)41-66(56)70(64)46-33-36-65-55(39-46)51-25-11-16-30-62(51)69(65)45-19-5-2-6-20-45;1-57(2)49-22-12-9-19-41(49)44-34-48-46-32-37(36-25-28-53-45(31-36)42-20-10-13-23-51(42)58(53)38-15-5-3-6-16-38)26-29-54(46)60(56(48)35-50(44)57)40-27-30-55-47(33-40)43-21-11-14-24-52(43)59(55)39-17-7-4-8-18-39/h1-41H;3-35H,1-2H3. The molecule has 606 valence electrons. The molecular weight excluding hydrogens is 1570 g/mol. The minimum Gasteiger partial charge on any atom is -0.309 e. The quantitative estimate of drug-likeness (QED) is 0.145. The Kier molecular flexibility index (Phi) is 15.3. The topological polar surface area (TPSA) is 29.6 Å². The molecule has 0 aliphatic heterocycles. The number of benzene rings is 20. The van der Waals surface area contributed by atoms with Crippen molar-refractivity contribution < 1.29 is 0 Å². The van der Waals surface area contributed by atoms with Gasteiger partial charge in [-0.05, 0) is 271 Å². The Morgan fingerprint density at radius 3 is 0.715 bits per heavy atom. The van der Waals surface area contributed by atoms with Gasteiger partial charge in [-0.1, -0.05) is 281 Å². The van der Waals surface area contributed by atoms with E-state index in [4.69, 9.17) is 0 Å². The second kappa shape index (κ2) is 27.4. The highest BCUT2D eigenvalue weighted by molar-refractivity contribution is 6.19. The molecular formula is C124H80N6. The number of hydrogen-bond donors (Lipinski definition) is 0. The van der Waals surface area contributed by atoms with Gasteiger partial charge in [0.15, 0.2) is 0 Å². The summed E-state index contributed by atoms with van der Waals surface area (Å²) in [4.78, 5) is 0. The molecule has 0 radical (unpaired) electrons. The van der Waals surface area contributed by atoms with Crippen LogP contribution >= 0.6 is 0 Å². The summed E-state index contributed by atoms with van der Waals surface area (Å²) in [5.41, 5.74) is 41.8. The van der Waals surface area contributed by atoms with E-state index in [1.54, 1.807) is 0 Å². The zero-order valence-corrected chi connectivity index (χ0v) is 71.4. The van der Waals surface area contributed by atoms with Crippen molar-refractivity contribution in [3.05, 3.63) is 482 Å². The van der Waals surface area contributed by atoms with Crippen LogP contribution < -0.4 is 0 Å². The van der Waals surface area contributed by atoms with Gasteiger partial charge >= 0.3 is 0 Å². The van der Waals surface area contributed by atoms with Crippen LogP contribution in [0.3, 0.4) is 0 Å². The molecule has 29 rings (SSSR count). The van der Waals surface area contributed by atoms with Crippen molar-refractivity contribution in [1.29, 1.82) is 0 Å². The van der Waals surface area contributed by atoms with Gasteiger partial charge in [0.05, 0.1) is 71.6 Å². The highest BCUT2D eigenvalue weighted by Crippen LogP contribution is 2.64. The minimum absolute atomic E-state index is 0.117. The Hall–Kier alpha value is -16.8. The zero-order chi connectivity index (χ0) is 85.3. The lowest BCUT2D eigenvalue weighted by atomic mass is 9.70. The highest BCUT2D eigenvalue weighted by atomic mass is 15.0. The van der Waals surface area contributed by atoms with Gasteiger partial charge < -0.3 is 27.4 Å². The van der Waals surface area contributed by atoms with Gasteiger partial charge in [0, 0.05) is 104 Å². The summed E-state index contributed by atoms with van der Waals surface area (Å²) in [6.45, 7) is 4.76. The van der Waals surface area contributed by atoms with Gasteiger partial charge in [0.2, 0.25) is 0 Å². The van der Waals surface area contributed by atoms with Crippen LogP contribution in [-0.4, -0.2) is 27.4 Å². The summed E-state index contributed by atoms with van der Waals surface area (Å²) >= 11 is 0. The third-order valence-corrected chi connectivity index (χ3v) is 29.2. The molecule has 3 aliphatic carbocycles. The van der Waals surface area contributed by atoms with Crippen molar-refractivity contribution in [1.82, 2.24) is 27.4 Å². The van der Waals surface area contributed by atoms with E-state index in [9.17, 15) is 0 Å². The van der Waals surface area contributed by atoms with E-state index < -0.39 is 5.41 Å².